The summed E-state index contributed by atoms with van der Waals surface area (Å²) in [6.07, 6.45) is 4.04. The molecule has 0 saturated heterocycles. The van der Waals surface area contributed by atoms with Crippen LogP contribution in [0.5, 0.6) is 0 Å². The van der Waals surface area contributed by atoms with Crippen LogP contribution in [-0.2, 0) is 17.7 Å². The number of nitriles is 1. The summed E-state index contributed by atoms with van der Waals surface area (Å²) in [6, 6.07) is 13.7. The molecule has 12 heteroatoms. The SMILES string of the molecule is C.C=CCOC(=O)c1ccc2c(c1C)CC[C@@H]2NC(=O)c1cc(C(=O)O)nc2ncnn12.N#Cc1cccc(CN)c1. The van der Waals surface area contributed by atoms with Crippen molar-refractivity contribution >= 4 is 23.6 Å². The Labute approximate surface area is 242 Å². The van der Waals surface area contributed by atoms with E-state index in [9.17, 15) is 19.5 Å². The van der Waals surface area contributed by atoms with Crippen LogP contribution in [-0.4, -0.2) is 49.1 Å². The molecule has 0 spiro atoms. The molecule has 0 fully saturated rings. The molecule has 0 saturated carbocycles. The number of esters is 1. The summed E-state index contributed by atoms with van der Waals surface area (Å²) in [5.41, 5.74) is 9.96. The van der Waals surface area contributed by atoms with Crippen LogP contribution in [0, 0.1) is 18.3 Å². The molecule has 2 aromatic heterocycles. The third-order valence-corrected chi connectivity index (χ3v) is 6.55. The van der Waals surface area contributed by atoms with Gasteiger partial charge in [0, 0.05) is 12.6 Å². The predicted molar refractivity (Wildman–Crippen MR) is 154 cm³/mol. The van der Waals surface area contributed by atoms with Crippen molar-refractivity contribution in [2.45, 2.75) is 39.8 Å². The lowest BCUT2D eigenvalue weighted by molar-refractivity contribution is 0.0548. The maximum Gasteiger partial charge on any atom is 0.354 e. The van der Waals surface area contributed by atoms with Crippen molar-refractivity contribution in [3.8, 4) is 6.07 Å². The van der Waals surface area contributed by atoms with Gasteiger partial charge in [0.2, 0.25) is 0 Å². The highest BCUT2D eigenvalue weighted by Gasteiger charge is 2.29. The number of nitrogens with one attached hydrogen (secondary N) is 1. The van der Waals surface area contributed by atoms with Gasteiger partial charge in [0.25, 0.3) is 11.7 Å². The molecule has 12 nitrogen and oxygen atoms in total. The molecule has 0 aliphatic heterocycles. The first-order valence-electron chi connectivity index (χ1n) is 12.6. The summed E-state index contributed by atoms with van der Waals surface area (Å²) in [6.45, 7) is 6.02. The largest absolute Gasteiger partial charge is 0.477 e. The Morgan fingerprint density at radius 3 is 2.76 bits per heavy atom. The zero-order valence-electron chi connectivity index (χ0n) is 22.2. The van der Waals surface area contributed by atoms with Gasteiger partial charge in [0.15, 0.2) is 5.69 Å². The monoisotopic (exact) mass is 569 g/mol. The average Bonchev–Trinajstić information content (AvgIpc) is 3.63. The van der Waals surface area contributed by atoms with Crippen molar-refractivity contribution in [1.29, 1.82) is 5.26 Å². The number of ether oxygens (including phenoxy) is 1. The van der Waals surface area contributed by atoms with Crippen molar-refractivity contribution < 1.29 is 24.2 Å². The van der Waals surface area contributed by atoms with Crippen LogP contribution in [0.3, 0.4) is 0 Å². The van der Waals surface area contributed by atoms with Gasteiger partial charge < -0.3 is 20.9 Å². The highest BCUT2D eigenvalue weighted by atomic mass is 16.5. The number of carboxylic acid groups (broad SMARTS) is 1. The minimum absolute atomic E-state index is 0. The van der Waals surface area contributed by atoms with Crippen molar-refractivity contribution in [3.63, 3.8) is 0 Å². The van der Waals surface area contributed by atoms with E-state index in [2.05, 4.69) is 27.0 Å². The third kappa shape index (κ3) is 6.65. The Morgan fingerprint density at radius 2 is 2.07 bits per heavy atom. The van der Waals surface area contributed by atoms with E-state index in [1.807, 2.05) is 31.2 Å². The van der Waals surface area contributed by atoms with Crippen LogP contribution in [0.15, 0.2) is 61.4 Å². The quantitative estimate of drug-likeness (QED) is 0.219. The second-order valence-electron chi connectivity index (χ2n) is 9.08. The van der Waals surface area contributed by atoms with Gasteiger partial charge in [-0.2, -0.15) is 19.9 Å². The van der Waals surface area contributed by atoms with E-state index in [1.54, 1.807) is 18.2 Å². The highest BCUT2D eigenvalue weighted by Crippen LogP contribution is 2.35. The highest BCUT2D eigenvalue weighted by molar-refractivity contribution is 5.96. The number of aromatic carboxylic acids is 1. The summed E-state index contributed by atoms with van der Waals surface area (Å²) >= 11 is 0. The van der Waals surface area contributed by atoms with E-state index in [1.165, 1.54) is 23.0 Å². The Morgan fingerprint density at radius 1 is 1.29 bits per heavy atom. The molecule has 4 aromatic rings. The van der Waals surface area contributed by atoms with Gasteiger partial charge >= 0.3 is 11.9 Å². The molecular formula is C30H31N7O5. The fourth-order valence-electron chi connectivity index (χ4n) is 4.55. The third-order valence-electron chi connectivity index (χ3n) is 6.55. The molecule has 1 amide bonds. The molecular weight excluding hydrogens is 538 g/mol. The number of benzene rings is 2. The van der Waals surface area contributed by atoms with E-state index in [0.29, 0.717) is 30.5 Å². The fourth-order valence-corrected chi connectivity index (χ4v) is 4.55. The number of nitrogens with two attached hydrogens (primary N) is 1. The minimum Gasteiger partial charge on any atom is -0.477 e. The molecule has 5 rings (SSSR count). The predicted octanol–water partition coefficient (Wildman–Crippen LogP) is 3.54. The van der Waals surface area contributed by atoms with Gasteiger partial charge in [-0.3, -0.25) is 4.79 Å². The second-order valence-corrected chi connectivity index (χ2v) is 9.08. The Bertz CT molecular complexity index is 1690. The van der Waals surface area contributed by atoms with E-state index < -0.39 is 17.8 Å². The van der Waals surface area contributed by atoms with Crippen LogP contribution in [0.25, 0.3) is 5.78 Å². The number of hydrogen-bond donors (Lipinski definition) is 3. The molecule has 1 atom stereocenters. The van der Waals surface area contributed by atoms with E-state index in [4.69, 9.17) is 15.7 Å². The Kier molecular flexibility index (Phi) is 10.2. The van der Waals surface area contributed by atoms with Gasteiger partial charge in [-0.05, 0) is 60.2 Å². The number of amides is 1. The summed E-state index contributed by atoms with van der Waals surface area (Å²) in [5, 5.41) is 24.6. The summed E-state index contributed by atoms with van der Waals surface area (Å²) < 4.78 is 6.33. The first kappa shape index (κ1) is 31.1. The van der Waals surface area contributed by atoms with Crippen LogP contribution in [0.4, 0.5) is 0 Å². The molecule has 1 aliphatic carbocycles. The lowest BCUT2D eigenvalue weighted by atomic mass is 9.98. The molecule has 2 aromatic carbocycles. The van der Waals surface area contributed by atoms with E-state index in [0.717, 1.165) is 22.3 Å². The molecule has 0 bridgehead atoms. The number of carbonyl (C=O) groups is 3. The number of carboxylic acids is 1. The number of nitrogens with zero attached hydrogens (tertiary/aromatic N) is 5. The summed E-state index contributed by atoms with van der Waals surface area (Å²) in [7, 11) is 0. The number of hydrogen-bond acceptors (Lipinski definition) is 9. The standard InChI is InChI=1S/C21H19N5O5.C8H8N2.CH4/c1-3-8-31-20(30)13-4-5-14-12(11(13)2)6-7-15(14)24-18(27)17-9-16(19(28)29)25-21-22-10-23-26(17)21;9-5-7-2-1-3-8(4-7)6-10;/h3-5,9-10,15H,1,6-8H2,2H3,(H,24,27)(H,28,29);1-4H,5,9H2;1H4/t15-;;/m0../s1. The molecule has 216 valence electrons. The molecule has 0 unspecified atom stereocenters. The normalized spacial score (nSPS) is 13.0. The van der Waals surface area contributed by atoms with Gasteiger partial charge in [-0.1, -0.05) is 38.3 Å². The number of fused-ring (bicyclic) bond motifs is 2. The lowest BCUT2D eigenvalue weighted by Gasteiger charge is -2.16. The van der Waals surface area contributed by atoms with Crippen LogP contribution < -0.4 is 11.1 Å². The summed E-state index contributed by atoms with van der Waals surface area (Å²) in [4.78, 5) is 44.3. The average molecular weight is 570 g/mol. The van der Waals surface area contributed by atoms with Gasteiger partial charge in [0.05, 0.1) is 23.2 Å². The van der Waals surface area contributed by atoms with Crippen LogP contribution >= 0.6 is 0 Å². The topological polar surface area (TPSA) is 186 Å². The van der Waals surface area contributed by atoms with Crippen LogP contribution in [0.2, 0.25) is 0 Å². The Balaban J connectivity index is 0.000000374. The maximum absolute atomic E-state index is 13.0. The molecule has 4 N–H and O–H groups in total. The van der Waals surface area contributed by atoms with Crippen molar-refractivity contribution in [2.24, 2.45) is 5.73 Å². The smallest absolute Gasteiger partial charge is 0.354 e. The molecule has 0 radical (unpaired) electrons. The molecule has 1 aliphatic rings. The van der Waals surface area contributed by atoms with Crippen molar-refractivity contribution in [1.82, 2.24) is 24.9 Å². The molecule has 42 heavy (non-hydrogen) atoms. The maximum atomic E-state index is 13.0. The lowest BCUT2D eigenvalue weighted by Crippen LogP contribution is -2.29. The zero-order valence-corrected chi connectivity index (χ0v) is 22.2. The number of rotatable bonds is 7. The molecule has 2 heterocycles. The van der Waals surface area contributed by atoms with E-state index in [-0.39, 0.29) is 37.2 Å². The number of carbonyl (C=O) groups excluding carboxylic acids is 2. The fraction of sp³-hybridized carbons (Fsp3) is 0.233. The van der Waals surface area contributed by atoms with Crippen LogP contribution in [0.1, 0.15) is 79.0 Å². The van der Waals surface area contributed by atoms with Gasteiger partial charge in [-0.15, -0.1) is 0 Å². The number of aromatic nitrogens is 4. The van der Waals surface area contributed by atoms with E-state index >= 15 is 0 Å². The van der Waals surface area contributed by atoms with Gasteiger partial charge in [0.1, 0.15) is 18.6 Å². The zero-order chi connectivity index (χ0) is 29.5. The first-order valence-corrected chi connectivity index (χ1v) is 12.6. The van der Waals surface area contributed by atoms with Gasteiger partial charge in [-0.25, -0.2) is 14.6 Å². The summed E-state index contributed by atoms with van der Waals surface area (Å²) in [5.74, 6) is -2.16. The Hall–Kier alpha value is -5.41. The minimum atomic E-state index is -1.27. The van der Waals surface area contributed by atoms with Crippen molar-refractivity contribution in [2.75, 3.05) is 6.61 Å². The van der Waals surface area contributed by atoms with Crippen molar-refractivity contribution in [3.05, 3.63) is 106 Å². The second kappa shape index (κ2) is 13.8. The first-order chi connectivity index (χ1) is 19.8.